The van der Waals surface area contributed by atoms with Gasteiger partial charge in [-0.05, 0) is 44.5 Å². The van der Waals surface area contributed by atoms with E-state index in [4.69, 9.17) is 10.00 Å². The fourth-order valence-electron chi connectivity index (χ4n) is 3.66. The van der Waals surface area contributed by atoms with Crippen LogP contribution in [0.4, 0.5) is 0 Å². The van der Waals surface area contributed by atoms with E-state index in [0.29, 0.717) is 24.9 Å². The third-order valence-corrected chi connectivity index (χ3v) is 5.24. The molecule has 1 unspecified atom stereocenters. The summed E-state index contributed by atoms with van der Waals surface area (Å²) in [6.07, 6.45) is 5.78. The monoisotopic (exact) mass is 361 g/mol. The van der Waals surface area contributed by atoms with Gasteiger partial charge in [-0.25, -0.2) is 9.50 Å². The van der Waals surface area contributed by atoms with Gasteiger partial charge in [0.2, 0.25) is 5.88 Å². The van der Waals surface area contributed by atoms with E-state index < -0.39 is 0 Å². The summed E-state index contributed by atoms with van der Waals surface area (Å²) >= 11 is 0. The highest BCUT2D eigenvalue weighted by Gasteiger charge is 2.20. The lowest BCUT2D eigenvalue weighted by Crippen LogP contribution is -2.26. The summed E-state index contributed by atoms with van der Waals surface area (Å²) in [4.78, 5) is 6.84. The Hall–Kier alpha value is -2.91. The lowest BCUT2D eigenvalue weighted by Gasteiger charge is -2.19. The zero-order valence-electron chi connectivity index (χ0n) is 15.5. The van der Waals surface area contributed by atoms with E-state index in [0.717, 1.165) is 28.9 Å². The molecule has 27 heavy (non-hydrogen) atoms. The van der Waals surface area contributed by atoms with Crippen molar-refractivity contribution in [2.24, 2.45) is 0 Å². The molecule has 0 amide bonds. The number of hydrogen-bond donors (Lipinski definition) is 0. The predicted octanol–water partition coefficient (Wildman–Crippen LogP) is 3.33. The third-order valence-electron chi connectivity index (χ3n) is 5.24. The van der Waals surface area contributed by atoms with Crippen LogP contribution >= 0.6 is 0 Å². The molecule has 138 valence electrons. The van der Waals surface area contributed by atoms with Crippen LogP contribution in [0.5, 0.6) is 5.88 Å². The lowest BCUT2D eigenvalue weighted by atomic mass is 10.1. The Morgan fingerprint density at radius 2 is 2.07 bits per heavy atom. The predicted molar refractivity (Wildman–Crippen MR) is 104 cm³/mol. The average molecular weight is 361 g/mol. The number of aromatic nitrogens is 3. The maximum atomic E-state index is 8.81. The highest BCUT2D eigenvalue weighted by molar-refractivity contribution is 5.63. The zero-order chi connectivity index (χ0) is 18.6. The van der Waals surface area contributed by atoms with Gasteiger partial charge in [0.25, 0.3) is 0 Å². The summed E-state index contributed by atoms with van der Waals surface area (Å²) in [7, 11) is 2.18. The van der Waals surface area contributed by atoms with Crippen molar-refractivity contribution in [2.75, 3.05) is 20.2 Å². The Morgan fingerprint density at radius 3 is 2.81 bits per heavy atom. The molecule has 3 heterocycles. The molecule has 1 saturated heterocycles. The average Bonchev–Trinajstić information content (AvgIpc) is 3.29. The molecule has 0 N–H and O–H groups in total. The minimum absolute atomic E-state index is 0.417. The number of ether oxygens (including phenoxy) is 1. The second-order valence-corrected chi connectivity index (χ2v) is 7.03. The van der Waals surface area contributed by atoms with Crippen LogP contribution in [0, 0.1) is 11.3 Å². The Bertz CT molecular complexity index is 957. The Kier molecular flexibility index (Phi) is 5.03. The van der Waals surface area contributed by atoms with Gasteiger partial charge in [0.1, 0.15) is 0 Å². The number of imidazole rings is 1. The van der Waals surface area contributed by atoms with Crippen molar-refractivity contribution >= 4 is 5.65 Å². The van der Waals surface area contributed by atoms with Crippen LogP contribution in [0.15, 0.2) is 42.6 Å². The minimum Gasteiger partial charge on any atom is -0.477 e. The molecule has 0 saturated carbocycles. The van der Waals surface area contributed by atoms with E-state index in [1.165, 1.54) is 19.4 Å². The van der Waals surface area contributed by atoms with Gasteiger partial charge in [-0.3, -0.25) is 0 Å². The highest BCUT2D eigenvalue weighted by Crippen LogP contribution is 2.22. The third kappa shape index (κ3) is 3.79. The summed E-state index contributed by atoms with van der Waals surface area (Å²) in [5.74, 6) is 0.614. The van der Waals surface area contributed by atoms with Gasteiger partial charge in [-0.15, -0.1) is 5.10 Å². The van der Waals surface area contributed by atoms with E-state index in [-0.39, 0.29) is 0 Å². The van der Waals surface area contributed by atoms with Crippen LogP contribution in [-0.4, -0.2) is 45.7 Å². The van der Waals surface area contributed by atoms with Gasteiger partial charge in [-0.2, -0.15) is 5.26 Å². The summed E-state index contributed by atoms with van der Waals surface area (Å²) in [5, 5.41) is 13.4. The molecule has 6 nitrogen and oxygen atoms in total. The maximum Gasteiger partial charge on any atom is 0.231 e. The van der Waals surface area contributed by atoms with Crippen molar-refractivity contribution in [1.29, 1.82) is 5.26 Å². The fourth-order valence-corrected chi connectivity index (χ4v) is 3.66. The SMILES string of the molecule is CN1CCCC1CCOc1ccc2ncc(-c3ccc(CC#N)cc3)n2n1. The second kappa shape index (κ2) is 7.77. The Labute approximate surface area is 159 Å². The quantitative estimate of drug-likeness (QED) is 0.674. The van der Waals surface area contributed by atoms with Crippen molar-refractivity contribution in [3.05, 3.63) is 48.2 Å². The van der Waals surface area contributed by atoms with Crippen LogP contribution in [0.25, 0.3) is 16.9 Å². The van der Waals surface area contributed by atoms with Gasteiger partial charge in [0.05, 0.1) is 31.0 Å². The fraction of sp³-hybridized carbons (Fsp3) is 0.381. The molecule has 1 aliphatic rings. The summed E-state index contributed by atoms with van der Waals surface area (Å²) < 4.78 is 7.73. The molecule has 1 atom stereocenters. The molecule has 1 fully saturated rings. The first-order valence-electron chi connectivity index (χ1n) is 9.39. The number of rotatable bonds is 6. The van der Waals surface area contributed by atoms with Crippen molar-refractivity contribution < 1.29 is 4.74 Å². The van der Waals surface area contributed by atoms with Crippen LogP contribution < -0.4 is 4.74 Å². The summed E-state index contributed by atoms with van der Waals surface area (Å²) in [6, 6.07) is 14.5. The number of nitrogens with zero attached hydrogens (tertiary/aromatic N) is 5. The van der Waals surface area contributed by atoms with Crippen LogP contribution in [0.3, 0.4) is 0 Å². The van der Waals surface area contributed by atoms with Gasteiger partial charge < -0.3 is 9.64 Å². The summed E-state index contributed by atoms with van der Waals surface area (Å²) in [6.45, 7) is 1.85. The van der Waals surface area contributed by atoms with E-state index in [1.807, 2.05) is 47.1 Å². The molecule has 6 heteroatoms. The van der Waals surface area contributed by atoms with Crippen molar-refractivity contribution in [3.8, 4) is 23.2 Å². The number of nitriles is 1. The molecule has 0 radical (unpaired) electrons. The molecule has 0 spiro atoms. The topological polar surface area (TPSA) is 66.5 Å². The van der Waals surface area contributed by atoms with Crippen LogP contribution in [-0.2, 0) is 6.42 Å². The number of hydrogen-bond acceptors (Lipinski definition) is 5. The van der Waals surface area contributed by atoms with E-state index in [9.17, 15) is 0 Å². The molecular formula is C21H23N5O. The molecule has 1 aliphatic heterocycles. The van der Waals surface area contributed by atoms with E-state index in [2.05, 4.69) is 28.1 Å². The molecule has 2 aromatic heterocycles. The van der Waals surface area contributed by atoms with Crippen LogP contribution in [0.2, 0.25) is 0 Å². The molecule has 0 aliphatic carbocycles. The van der Waals surface area contributed by atoms with Gasteiger partial charge >= 0.3 is 0 Å². The first kappa shape index (κ1) is 17.5. The molecular weight excluding hydrogens is 338 g/mol. The lowest BCUT2D eigenvalue weighted by molar-refractivity contribution is 0.227. The standard InChI is InChI=1S/C21H23N5O/c1-25-13-2-3-18(25)11-14-27-21-9-8-20-23-15-19(26(20)24-21)17-6-4-16(5-7-17)10-12-22/h4-9,15,18H,2-3,10-11,13-14H2,1H3. The number of likely N-dealkylation sites (tertiary alicyclic amines) is 1. The number of fused-ring (bicyclic) bond motifs is 1. The van der Waals surface area contributed by atoms with Crippen LogP contribution in [0.1, 0.15) is 24.8 Å². The Morgan fingerprint density at radius 1 is 1.22 bits per heavy atom. The smallest absolute Gasteiger partial charge is 0.231 e. The largest absolute Gasteiger partial charge is 0.477 e. The minimum atomic E-state index is 0.417. The van der Waals surface area contributed by atoms with Gasteiger partial charge in [0, 0.05) is 17.7 Å². The van der Waals surface area contributed by atoms with Crippen molar-refractivity contribution in [3.63, 3.8) is 0 Å². The van der Waals surface area contributed by atoms with Gasteiger partial charge in [0.15, 0.2) is 5.65 Å². The first-order valence-corrected chi connectivity index (χ1v) is 9.39. The van der Waals surface area contributed by atoms with Crippen molar-refractivity contribution in [2.45, 2.75) is 31.7 Å². The second-order valence-electron chi connectivity index (χ2n) is 7.03. The molecule has 4 rings (SSSR count). The molecule has 1 aromatic carbocycles. The van der Waals surface area contributed by atoms with Crippen molar-refractivity contribution in [1.82, 2.24) is 19.5 Å². The summed E-state index contributed by atoms with van der Waals surface area (Å²) in [5.41, 5.74) is 3.72. The number of benzene rings is 1. The zero-order valence-corrected chi connectivity index (χ0v) is 15.5. The molecule has 3 aromatic rings. The van der Waals surface area contributed by atoms with Gasteiger partial charge in [-0.1, -0.05) is 24.3 Å². The maximum absolute atomic E-state index is 8.81. The van der Waals surface area contributed by atoms with E-state index >= 15 is 0 Å². The normalized spacial score (nSPS) is 17.3. The Balaban J connectivity index is 1.50. The first-order chi connectivity index (χ1) is 13.2. The highest BCUT2D eigenvalue weighted by atomic mass is 16.5. The van der Waals surface area contributed by atoms with E-state index in [1.54, 1.807) is 0 Å². The molecule has 0 bridgehead atoms.